The van der Waals surface area contributed by atoms with Crippen molar-refractivity contribution in [3.63, 3.8) is 0 Å². The Balaban J connectivity index is 2.86. The molecule has 0 aromatic heterocycles. The first kappa shape index (κ1) is 15.0. The normalized spacial score (nSPS) is 12.4. The Hall–Kier alpha value is -2.05. The van der Waals surface area contributed by atoms with Crippen molar-refractivity contribution in [1.82, 2.24) is 0 Å². The van der Waals surface area contributed by atoms with Gasteiger partial charge in [0.15, 0.2) is 11.5 Å². The lowest BCUT2D eigenvalue weighted by Crippen LogP contribution is -2.21. The van der Waals surface area contributed by atoms with Gasteiger partial charge in [-0.2, -0.15) is 0 Å². The molecule has 6 nitrogen and oxygen atoms in total. The zero-order valence-corrected chi connectivity index (χ0v) is 10.4. The molecule has 0 aliphatic carbocycles. The number of aliphatic hydroxyl groups excluding tert-OH is 2. The highest BCUT2D eigenvalue weighted by Crippen LogP contribution is 2.28. The smallest absolute Gasteiger partial charge is 0.328 e. The third kappa shape index (κ3) is 4.99. The molecule has 1 rings (SSSR count). The van der Waals surface area contributed by atoms with Crippen molar-refractivity contribution in [3.05, 3.63) is 29.8 Å². The molecule has 0 saturated heterocycles. The molecule has 0 spiro atoms. The van der Waals surface area contributed by atoms with Gasteiger partial charge in [-0.15, -0.1) is 0 Å². The summed E-state index contributed by atoms with van der Waals surface area (Å²) in [6.07, 6.45) is 1.44. The van der Waals surface area contributed by atoms with E-state index >= 15 is 0 Å². The maximum absolute atomic E-state index is 10.4. The fourth-order valence-corrected chi connectivity index (χ4v) is 1.32. The van der Waals surface area contributed by atoms with Gasteiger partial charge in [-0.1, -0.05) is 6.07 Å². The number of rotatable bonds is 7. The number of hydrogen-bond acceptors (Lipinski definition) is 5. The highest BCUT2D eigenvalue weighted by Gasteiger charge is 2.08. The van der Waals surface area contributed by atoms with Gasteiger partial charge in [0.1, 0.15) is 12.7 Å². The fourth-order valence-electron chi connectivity index (χ4n) is 1.32. The minimum absolute atomic E-state index is 0.0844. The Morgan fingerprint density at radius 3 is 2.74 bits per heavy atom. The molecule has 1 unspecified atom stereocenters. The molecule has 0 heterocycles. The Labute approximate surface area is 110 Å². The van der Waals surface area contributed by atoms with E-state index in [-0.39, 0.29) is 6.61 Å². The van der Waals surface area contributed by atoms with Gasteiger partial charge in [-0.25, -0.2) is 4.79 Å². The Morgan fingerprint density at radius 1 is 1.42 bits per heavy atom. The molecule has 0 radical (unpaired) electrons. The summed E-state index contributed by atoms with van der Waals surface area (Å²) >= 11 is 0. The van der Waals surface area contributed by atoms with E-state index < -0.39 is 18.7 Å². The molecule has 19 heavy (non-hydrogen) atoms. The zero-order valence-electron chi connectivity index (χ0n) is 10.4. The van der Waals surface area contributed by atoms with Crippen molar-refractivity contribution in [3.8, 4) is 11.5 Å². The van der Waals surface area contributed by atoms with Crippen molar-refractivity contribution in [2.45, 2.75) is 6.10 Å². The van der Waals surface area contributed by atoms with Crippen LogP contribution in [0.2, 0.25) is 0 Å². The topological polar surface area (TPSA) is 96.2 Å². The summed E-state index contributed by atoms with van der Waals surface area (Å²) in [6.45, 7) is -0.486. The van der Waals surface area contributed by atoms with Crippen LogP contribution in [0.3, 0.4) is 0 Å². The number of ether oxygens (including phenoxy) is 2. The van der Waals surface area contributed by atoms with Crippen LogP contribution in [0.1, 0.15) is 5.56 Å². The number of hydrogen-bond donors (Lipinski definition) is 3. The molecule has 1 atom stereocenters. The van der Waals surface area contributed by atoms with Gasteiger partial charge in [0.25, 0.3) is 0 Å². The summed E-state index contributed by atoms with van der Waals surface area (Å²) in [7, 11) is 1.47. The van der Waals surface area contributed by atoms with Gasteiger partial charge in [0, 0.05) is 6.08 Å². The maximum Gasteiger partial charge on any atom is 0.328 e. The molecule has 3 N–H and O–H groups in total. The van der Waals surface area contributed by atoms with Crippen LogP contribution < -0.4 is 9.47 Å². The van der Waals surface area contributed by atoms with E-state index in [0.29, 0.717) is 17.1 Å². The fraction of sp³-hybridized carbons (Fsp3) is 0.308. The van der Waals surface area contributed by atoms with Crippen molar-refractivity contribution >= 4 is 12.0 Å². The summed E-state index contributed by atoms with van der Waals surface area (Å²) in [5.41, 5.74) is 0.622. The van der Waals surface area contributed by atoms with E-state index in [4.69, 9.17) is 19.7 Å². The number of benzene rings is 1. The predicted molar refractivity (Wildman–Crippen MR) is 68.3 cm³/mol. The molecule has 6 heteroatoms. The van der Waals surface area contributed by atoms with E-state index in [0.717, 1.165) is 6.08 Å². The standard InChI is InChI=1S/C13H16O6/c1-18-11-4-2-9(3-5-13(16)17)6-12(11)19-8-10(15)7-14/h2-6,10,14-15H,7-8H2,1H3,(H,16,17). The molecule has 0 fully saturated rings. The predicted octanol–water partition coefficient (Wildman–Crippen LogP) is 0.525. The molecule has 0 aliphatic rings. The Kier molecular flexibility index (Phi) is 5.84. The van der Waals surface area contributed by atoms with Crippen LogP contribution in [0.4, 0.5) is 0 Å². The second-order valence-electron chi connectivity index (χ2n) is 3.73. The zero-order chi connectivity index (χ0) is 14.3. The highest BCUT2D eigenvalue weighted by molar-refractivity contribution is 5.85. The van der Waals surface area contributed by atoms with Crippen LogP contribution in [0.15, 0.2) is 24.3 Å². The summed E-state index contributed by atoms with van der Waals surface area (Å²) in [4.78, 5) is 10.4. The van der Waals surface area contributed by atoms with Gasteiger partial charge < -0.3 is 24.8 Å². The van der Waals surface area contributed by atoms with Crippen molar-refractivity contribution in [1.29, 1.82) is 0 Å². The van der Waals surface area contributed by atoms with Crippen LogP contribution in [-0.2, 0) is 4.79 Å². The second-order valence-corrected chi connectivity index (χ2v) is 3.73. The minimum Gasteiger partial charge on any atom is -0.493 e. The molecule has 0 amide bonds. The number of carboxylic acid groups (broad SMARTS) is 1. The summed E-state index contributed by atoms with van der Waals surface area (Å²) in [5.74, 6) is -0.228. The third-order valence-electron chi connectivity index (χ3n) is 2.25. The van der Waals surface area contributed by atoms with Crippen molar-refractivity contribution in [2.24, 2.45) is 0 Å². The number of aliphatic carboxylic acids is 1. The second kappa shape index (κ2) is 7.40. The lowest BCUT2D eigenvalue weighted by atomic mass is 10.2. The number of methoxy groups -OCH3 is 1. The van der Waals surface area contributed by atoms with Crippen LogP contribution in [0, 0.1) is 0 Å². The van der Waals surface area contributed by atoms with E-state index in [9.17, 15) is 9.90 Å². The van der Waals surface area contributed by atoms with E-state index in [1.54, 1.807) is 18.2 Å². The average molecular weight is 268 g/mol. The van der Waals surface area contributed by atoms with Crippen LogP contribution in [0.25, 0.3) is 6.08 Å². The summed E-state index contributed by atoms with van der Waals surface area (Å²) in [5, 5.41) is 26.5. The quantitative estimate of drug-likeness (QED) is 0.624. The van der Waals surface area contributed by atoms with E-state index in [1.807, 2.05) is 0 Å². The SMILES string of the molecule is COc1ccc(C=CC(=O)O)cc1OCC(O)CO. The first-order valence-corrected chi connectivity index (χ1v) is 5.57. The highest BCUT2D eigenvalue weighted by atomic mass is 16.5. The molecule has 1 aromatic rings. The molecule has 0 saturated carbocycles. The van der Waals surface area contributed by atoms with E-state index in [2.05, 4.69) is 0 Å². The molecule has 0 bridgehead atoms. The first-order chi connectivity index (χ1) is 9.06. The third-order valence-corrected chi connectivity index (χ3v) is 2.25. The van der Waals surface area contributed by atoms with Gasteiger partial charge in [-0.3, -0.25) is 0 Å². The van der Waals surface area contributed by atoms with Gasteiger partial charge in [0.05, 0.1) is 13.7 Å². The maximum atomic E-state index is 10.4. The first-order valence-electron chi connectivity index (χ1n) is 5.57. The largest absolute Gasteiger partial charge is 0.493 e. The number of aliphatic hydroxyl groups is 2. The van der Waals surface area contributed by atoms with E-state index in [1.165, 1.54) is 13.2 Å². The molecule has 104 valence electrons. The van der Waals surface area contributed by atoms with Gasteiger partial charge in [-0.05, 0) is 23.8 Å². The Bertz CT molecular complexity index is 454. The Morgan fingerprint density at radius 2 is 2.16 bits per heavy atom. The van der Waals surface area contributed by atoms with Crippen molar-refractivity contribution < 1.29 is 29.6 Å². The minimum atomic E-state index is -1.05. The lowest BCUT2D eigenvalue weighted by Gasteiger charge is -2.13. The van der Waals surface area contributed by atoms with Crippen molar-refractivity contribution in [2.75, 3.05) is 20.3 Å². The van der Waals surface area contributed by atoms with Crippen LogP contribution in [0.5, 0.6) is 11.5 Å². The summed E-state index contributed by atoms with van der Waals surface area (Å²) < 4.78 is 10.4. The lowest BCUT2D eigenvalue weighted by molar-refractivity contribution is -0.131. The monoisotopic (exact) mass is 268 g/mol. The van der Waals surface area contributed by atoms with Crippen LogP contribution >= 0.6 is 0 Å². The van der Waals surface area contributed by atoms with Crippen LogP contribution in [-0.4, -0.2) is 47.7 Å². The number of carboxylic acids is 1. The molecule has 1 aromatic carbocycles. The van der Waals surface area contributed by atoms with Gasteiger partial charge in [0.2, 0.25) is 0 Å². The molecular weight excluding hydrogens is 252 g/mol. The average Bonchev–Trinajstić information content (AvgIpc) is 2.42. The van der Waals surface area contributed by atoms with Gasteiger partial charge >= 0.3 is 5.97 Å². The number of carbonyl (C=O) groups is 1. The molecule has 0 aliphatic heterocycles. The summed E-state index contributed by atoms with van der Waals surface area (Å²) in [6, 6.07) is 4.89. The molecular formula is C13H16O6.